The molecule has 1 aromatic rings. The molecule has 21 heavy (non-hydrogen) atoms. The third-order valence-electron chi connectivity index (χ3n) is 2.57. The van der Waals surface area contributed by atoms with E-state index in [-0.39, 0.29) is 18.0 Å². The smallest absolute Gasteiger partial charge is 0.319 e. The standard InChI is InChI=1S/C13H14ClN3O4/c1-21-10(5-12(18)19)7-16-13(20)17-9-3-2-8(6-15)11(14)4-9/h2-4,10H,5,7H2,1H3,(H,18,19)(H2,16,17,20). The molecule has 1 rings (SSSR count). The summed E-state index contributed by atoms with van der Waals surface area (Å²) < 4.78 is 4.93. The number of carbonyl (C=O) groups excluding carboxylic acids is 1. The fourth-order valence-electron chi connectivity index (χ4n) is 1.50. The number of carboxylic acid groups (broad SMARTS) is 1. The third-order valence-corrected chi connectivity index (χ3v) is 2.89. The molecule has 0 aliphatic rings. The van der Waals surface area contributed by atoms with E-state index >= 15 is 0 Å². The lowest BCUT2D eigenvalue weighted by molar-refractivity contribution is -0.139. The number of ether oxygens (including phenoxy) is 1. The first-order chi connectivity index (χ1) is 9.96. The van der Waals surface area contributed by atoms with Crippen molar-refractivity contribution in [3.8, 4) is 6.07 Å². The zero-order chi connectivity index (χ0) is 15.8. The fraction of sp³-hybridized carbons (Fsp3) is 0.308. The van der Waals surface area contributed by atoms with Crippen molar-refractivity contribution in [2.24, 2.45) is 0 Å². The van der Waals surface area contributed by atoms with Crippen LogP contribution in [0.4, 0.5) is 10.5 Å². The molecule has 0 fully saturated rings. The number of amides is 2. The number of hydrogen-bond acceptors (Lipinski definition) is 4. The largest absolute Gasteiger partial charge is 0.481 e. The lowest BCUT2D eigenvalue weighted by Crippen LogP contribution is -2.37. The Balaban J connectivity index is 2.52. The first-order valence-corrected chi connectivity index (χ1v) is 6.33. The lowest BCUT2D eigenvalue weighted by Gasteiger charge is -2.14. The SMILES string of the molecule is COC(CNC(=O)Nc1ccc(C#N)c(Cl)c1)CC(=O)O. The van der Waals surface area contributed by atoms with Gasteiger partial charge in [0.1, 0.15) is 6.07 Å². The van der Waals surface area contributed by atoms with Crippen LogP contribution in [0.25, 0.3) is 0 Å². The maximum absolute atomic E-state index is 11.7. The number of nitriles is 1. The van der Waals surface area contributed by atoms with Gasteiger partial charge in [0.2, 0.25) is 0 Å². The minimum atomic E-state index is -1.01. The molecule has 0 saturated carbocycles. The van der Waals surface area contributed by atoms with Gasteiger partial charge in [0.15, 0.2) is 0 Å². The van der Waals surface area contributed by atoms with Crippen LogP contribution in [0.15, 0.2) is 18.2 Å². The van der Waals surface area contributed by atoms with Crippen molar-refractivity contribution < 1.29 is 19.4 Å². The second-order valence-corrected chi connectivity index (χ2v) is 4.50. The van der Waals surface area contributed by atoms with Gasteiger partial charge in [-0.25, -0.2) is 4.79 Å². The third kappa shape index (κ3) is 5.69. The molecule has 0 aliphatic heterocycles. The fourth-order valence-corrected chi connectivity index (χ4v) is 1.72. The van der Waals surface area contributed by atoms with E-state index in [1.165, 1.54) is 25.3 Å². The minimum Gasteiger partial charge on any atom is -0.481 e. The Bertz CT molecular complexity index is 571. The predicted octanol–water partition coefficient (Wildman–Crippen LogP) is 1.82. The van der Waals surface area contributed by atoms with Crippen LogP contribution >= 0.6 is 11.6 Å². The Morgan fingerprint density at radius 3 is 2.76 bits per heavy atom. The molecule has 0 saturated heterocycles. The number of methoxy groups -OCH3 is 1. The summed E-state index contributed by atoms with van der Waals surface area (Å²) in [6.45, 7) is 0.0542. The summed E-state index contributed by atoms with van der Waals surface area (Å²) in [5, 5.41) is 22.6. The molecule has 112 valence electrons. The van der Waals surface area contributed by atoms with Gasteiger partial charge in [0, 0.05) is 19.3 Å². The molecule has 0 bridgehead atoms. The van der Waals surface area contributed by atoms with Crippen LogP contribution in [0.3, 0.4) is 0 Å². The Morgan fingerprint density at radius 1 is 1.52 bits per heavy atom. The summed E-state index contributed by atoms with van der Waals surface area (Å²) in [5.41, 5.74) is 0.729. The van der Waals surface area contributed by atoms with E-state index in [1.807, 2.05) is 6.07 Å². The molecular formula is C13H14ClN3O4. The first kappa shape index (κ1) is 16.8. The van der Waals surface area contributed by atoms with Gasteiger partial charge >= 0.3 is 12.0 Å². The number of urea groups is 1. The average molecular weight is 312 g/mol. The molecule has 1 atom stereocenters. The van der Waals surface area contributed by atoms with E-state index < -0.39 is 18.1 Å². The van der Waals surface area contributed by atoms with Crippen LogP contribution < -0.4 is 10.6 Å². The zero-order valence-corrected chi connectivity index (χ0v) is 12.0. The number of carboxylic acids is 1. The molecule has 2 amide bonds. The van der Waals surface area contributed by atoms with Crippen LogP contribution in [-0.2, 0) is 9.53 Å². The van der Waals surface area contributed by atoms with Crippen molar-refractivity contribution in [2.45, 2.75) is 12.5 Å². The zero-order valence-electron chi connectivity index (χ0n) is 11.2. The van der Waals surface area contributed by atoms with Crippen LogP contribution in [0.2, 0.25) is 5.02 Å². The molecule has 3 N–H and O–H groups in total. The van der Waals surface area contributed by atoms with Crippen LogP contribution in [-0.4, -0.2) is 36.9 Å². The van der Waals surface area contributed by atoms with Crippen molar-refractivity contribution in [3.05, 3.63) is 28.8 Å². The monoisotopic (exact) mass is 311 g/mol. The van der Waals surface area contributed by atoms with Gasteiger partial charge in [0.05, 0.1) is 23.1 Å². The van der Waals surface area contributed by atoms with Crippen LogP contribution in [0, 0.1) is 11.3 Å². The molecule has 0 aromatic heterocycles. The summed E-state index contributed by atoms with van der Waals surface area (Å²) in [7, 11) is 1.37. The van der Waals surface area contributed by atoms with Crippen molar-refractivity contribution in [1.29, 1.82) is 5.26 Å². The first-order valence-electron chi connectivity index (χ1n) is 5.95. The molecule has 0 aliphatic carbocycles. The average Bonchev–Trinajstić information content (AvgIpc) is 2.43. The molecule has 1 unspecified atom stereocenters. The number of benzene rings is 1. The summed E-state index contributed by atoms with van der Waals surface area (Å²) in [6, 6.07) is 5.86. The highest BCUT2D eigenvalue weighted by Gasteiger charge is 2.13. The molecule has 7 nitrogen and oxygen atoms in total. The Kier molecular flexibility index (Phi) is 6.46. The maximum Gasteiger partial charge on any atom is 0.319 e. The normalized spacial score (nSPS) is 11.3. The highest BCUT2D eigenvalue weighted by molar-refractivity contribution is 6.32. The second kappa shape index (κ2) is 8.09. The maximum atomic E-state index is 11.7. The van der Waals surface area contributed by atoms with Crippen molar-refractivity contribution in [1.82, 2.24) is 5.32 Å². The van der Waals surface area contributed by atoms with E-state index in [0.29, 0.717) is 11.3 Å². The van der Waals surface area contributed by atoms with E-state index in [2.05, 4.69) is 10.6 Å². The van der Waals surface area contributed by atoms with Gasteiger partial charge < -0.3 is 20.5 Å². The van der Waals surface area contributed by atoms with Crippen LogP contribution in [0.1, 0.15) is 12.0 Å². The summed E-state index contributed by atoms with van der Waals surface area (Å²) in [6.07, 6.45) is -0.822. The lowest BCUT2D eigenvalue weighted by atomic mass is 10.2. The van der Waals surface area contributed by atoms with E-state index in [1.54, 1.807) is 0 Å². The predicted molar refractivity (Wildman–Crippen MR) is 76.2 cm³/mol. The quantitative estimate of drug-likeness (QED) is 0.742. The molecule has 0 radical (unpaired) electrons. The van der Waals surface area contributed by atoms with Gasteiger partial charge in [-0.1, -0.05) is 11.6 Å². The van der Waals surface area contributed by atoms with Crippen molar-refractivity contribution in [2.75, 3.05) is 19.0 Å². The van der Waals surface area contributed by atoms with Gasteiger partial charge in [-0.3, -0.25) is 4.79 Å². The number of aliphatic carboxylic acids is 1. The van der Waals surface area contributed by atoms with Gasteiger partial charge in [-0.15, -0.1) is 0 Å². The number of hydrogen-bond donors (Lipinski definition) is 3. The topological polar surface area (TPSA) is 111 Å². The number of nitrogens with zero attached hydrogens (tertiary/aromatic N) is 1. The van der Waals surface area contributed by atoms with Crippen molar-refractivity contribution >= 4 is 29.3 Å². The highest BCUT2D eigenvalue weighted by Crippen LogP contribution is 2.19. The van der Waals surface area contributed by atoms with Gasteiger partial charge in [-0.2, -0.15) is 5.26 Å². The molecular weight excluding hydrogens is 298 g/mol. The second-order valence-electron chi connectivity index (χ2n) is 4.10. The molecule has 8 heteroatoms. The van der Waals surface area contributed by atoms with E-state index in [9.17, 15) is 9.59 Å². The highest BCUT2D eigenvalue weighted by atomic mass is 35.5. The summed E-state index contributed by atoms with van der Waals surface area (Å²) in [4.78, 5) is 22.2. The van der Waals surface area contributed by atoms with Crippen molar-refractivity contribution in [3.63, 3.8) is 0 Å². The van der Waals surface area contributed by atoms with E-state index in [4.69, 9.17) is 26.7 Å². The summed E-state index contributed by atoms with van der Waals surface area (Å²) in [5.74, 6) is -1.01. The summed E-state index contributed by atoms with van der Waals surface area (Å²) >= 11 is 5.84. The molecule has 0 spiro atoms. The Hall–Kier alpha value is -2.30. The Morgan fingerprint density at radius 2 is 2.24 bits per heavy atom. The van der Waals surface area contributed by atoms with Gasteiger partial charge in [-0.05, 0) is 18.2 Å². The number of carbonyl (C=O) groups is 2. The molecule has 1 aromatic carbocycles. The number of anilines is 1. The van der Waals surface area contributed by atoms with Gasteiger partial charge in [0.25, 0.3) is 0 Å². The Labute approximate surface area is 126 Å². The van der Waals surface area contributed by atoms with E-state index in [0.717, 1.165) is 0 Å². The minimum absolute atomic E-state index is 0.0542. The number of nitrogens with one attached hydrogen (secondary N) is 2. The molecule has 0 heterocycles. The number of rotatable bonds is 6. The number of halogens is 1. The van der Waals surface area contributed by atoms with Crippen LogP contribution in [0.5, 0.6) is 0 Å².